The minimum atomic E-state index is -0.241. The molecule has 2 rings (SSSR count). The van der Waals surface area contributed by atoms with Gasteiger partial charge >= 0.3 is 0 Å². The number of nitrogens with two attached hydrogens (primary N) is 1. The van der Waals surface area contributed by atoms with Crippen molar-refractivity contribution in [3.63, 3.8) is 0 Å². The molecule has 0 aliphatic carbocycles. The molecule has 2 aromatic heterocycles. The molecule has 0 aliphatic rings. The van der Waals surface area contributed by atoms with E-state index in [1.165, 1.54) is 11.3 Å². The maximum Gasteiger partial charge on any atom is 0.268 e. The molecule has 1 unspecified atom stereocenters. The van der Waals surface area contributed by atoms with Crippen molar-refractivity contribution in [3.8, 4) is 16.5 Å². The van der Waals surface area contributed by atoms with Crippen LogP contribution in [0.3, 0.4) is 0 Å². The lowest BCUT2D eigenvalue weighted by Crippen LogP contribution is -2.32. The average molecular weight is 296 g/mol. The van der Waals surface area contributed by atoms with E-state index in [2.05, 4.69) is 28.9 Å². The topological polar surface area (TPSA) is 77.4 Å². The first-order chi connectivity index (χ1) is 9.67. The van der Waals surface area contributed by atoms with Gasteiger partial charge in [-0.15, -0.1) is 11.3 Å². The average Bonchev–Trinajstić information content (AvgIpc) is 3.12. The Morgan fingerprint density at radius 1 is 1.45 bits per heavy atom. The zero-order valence-corrected chi connectivity index (χ0v) is 12.8. The van der Waals surface area contributed by atoms with Crippen LogP contribution in [-0.4, -0.2) is 41.8 Å². The lowest BCUT2D eigenvalue weighted by molar-refractivity contribution is 0.278. The number of hydrogen-bond acceptors (Lipinski definition) is 7. The van der Waals surface area contributed by atoms with Gasteiger partial charge in [0.25, 0.3) is 5.89 Å². The van der Waals surface area contributed by atoms with Crippen LogP contribution in [0.25, 0.3) is 10.8 Å². The number of hydrogen-bond donors (Lipinski definition) is 1. The van der Waals surface area contributed by atoms with Crippen LogP contribution in [0, 0.1) is 0 Å². The Bertz CT molecular complexity index is 536. The van der Waals surface area contributed by atoms with Crippen LogP contribution in [0.2, 0.25) is 0 Å². The van der Waals surface area contributed by atoms with E-state index in [1.54, 1.807) is 7.11 Å². The molecular weight excluding hydrogens is 276 g/mol. The highest BCUT2D eigenvalue weighted by atomic mass is 32.1. The molecule has 2 N–H and O–H groups in total. The first-order valence-electron chi connectivity index (χ1n) is 6.62. The Morgan fingerprint density at radius 2 is 2.20 bits per heavy atom. The second-order valence-electron chi connectivity index (χ2n) is 4.40. The Kier molecular flexibility index (Phi) is 5.11. The summed E-state index contributed by atoms with van der Waals surface area (Å²) in [6.07, 6.45) is 0. The lowest BCUT2D eigenvalue weighted by atomic mass is 10.2. The van der Waals surface area contributed by atoms with Gasteiger partial charge in [0, 0.05) is 18.0 Å². The second-order valence-corrected chi connectivity index (χ2v) is 5.31. The number of likely N-dealkylation sites (N-methyl/N-ethyl adjacent to an activating group) is 1. The van der Waals surface area contributed by atoms with Gasteiger partial charge in [0.05, 0.1) is 18.0 Å². The summed E-state index contributed by atoms with van der Waals surface area (Å²) in [6.45, 7) is 6.85. The molecule has 2 heterocycles. The highest BCUT2D eigenvalue weighted by molar-refractivity contribution is 7.13. The molecular formula is C13H20N4O2S. The van der Waals surface area contributed by atoms with E-state index in [1.807, 2.05) is 11.4 Å². The van der Waals surface area contributed by atoms with Gasteiger partial charge in [-0.05, 0) is 13.1 Å². The van der Waals surface area contributed by atoms with Crippen molar-refractivity contribution >= 4 is 11.3 Å². The highest BCUT2D eigenvalue weighted by Gasteiger charge is 2.18. The molecule has 6 nitrogen and oxygen atoms in total. The monoisotopic (exact) mass is 296 g/mol. The largest absolute Gasteiger partial charge is 0.496 e. The van der Waals surface area contributed by atoms with Crippen molar-refractivity contribution in [2.75, 3.05) is 26.7 Å². The summed E-state index contributed by atoms with van der Waals surface area (Å²) in [7, 11) is 1.63. The Hall–Kier alpha value is -1.44. The number of thiophene rings is 1. The first kappa shape index (κ1) is 15.0. The summed E-state index contributed by atoms with van der Waals surface area (Å²) >= 11 is 1.50. The van der Waals surface area contributed by atoms with Crippen LogP contribution in [0.5, 0.6) is 5.75 Å². The van der Waals surface area contributed by atoms with Gasteiger partial charge in [-0.1, -0.05) is 19.0 Å². The van der Waals surface area contributed by atoms with Gasteiger partial charge in [-0.25, -0.2) is 0 Å². The molecule has 0 fully saturated rings. The van der Waals surface area contributed by atoms with Crippen molar-refractivity contribution < 1.29 is 9.26 Å². The van der Waals surface area contributed by atoms with Crippen LogP contribution < -0.4 is 10.5 Å². The van der Waals surface area contributed by atoms with Crippen molar-refractivity contribution in [2.24, 2.45) is 5.73 Å². The van der Waals surface area contributed by atoms with Crippen LogP contribution in [0.1, 0.15) is 25.7 Å². The van der Waals surface area contributed by atoms with Gasteiger partial charge in [-0.2, -0.15) is 4.98 Å². The minimum Gasteiger partial charge on any atom is -0.496 e. The molecule has 0 saturated carbocycles. The van der Waals surface area contributed by atoms with Gasteiger partial charge in [0.2, 0.25) is 0 Å². The predicted molar refractivity (Wildman–Crippen MR) is 78.9 cm³/mol. The quantitative estimate of drug-likeness (QED) is 0.843. The Morgan fingerprint density at radius 3 is 2.80 bits per heavy atom. The summed E-state index contributed by atoms with van der Waals surface area (Å²) < 4.78 is 10.4. The number of nitrogens with zero attached hydrogens (tertiary/aromatic N) is 3. The zero-order chi connectivity index (χ0) is 14.5. The number of methoxy groups -OCH3 is 1. The summed E-state index contributed by atoms with van der Waals surface area (Å²) in [5.41, 5.74) is 6.12. The van der Waals surface area contributed by atoms with E-state index >= 15 is 0 Å². The van der Waals surface area contributed by atoms with E-state index in [-0.39, 0.29) is 6.04 Å². The molecule has 20 heavy (non-hydrogen) atoms. The summed E-state index contributed by atoms with van der Waals surface area (Å²) in [6, 6.07) is 1.63. The smallest absolute Gasteiger partial charge is 0.268 e. The number of rotatable bonds is 7. The van der Waals surface area contributed by atoms with Crippen molar-refractivity contribution in [3.05, 3.63) is 17.3 Å². The van der Waals surface area contributed by atoms with E-state index in [4.69, 9.17) is 15.0 Å². The minimum absolute atomic E-state index is 0.241. The van der Waals surface area contributed by atoms with Crippen molar-refractivity contribution in [2.45, 2.75) is 19.9 Å². The fourth-order valence-electron chi connectivity index (χ4n) is 1.87. The van der Waals surface area contributed by atoms with Gasteiger partial charge in [-0.3, -0.25) is 0 Å². The maximum absolute atomic E-state index is 6.12. The fourth-order valence-corrected chi connectivity index (χ4v) is 2.64. The molecule has 0 bridgehead atoms. The Labute approximate surface area is 122 Å². The first-order valence-corrected chi connectivity index (χ1v) is 7.50. The van der Waals surface area contributed by atoms with E-state index in [0.717, 1.165) is 30.3 Å². The van der Waals surface area contributed by atoms with Crippen molar-refractivity contribution in [1.82, 2.24) is 15.0 Å². The summed E-state index contributed by atoms with van der Waals surface area (Å²) in [5.74, 6) is 1.82. The molecule has 2 aromatic rings. The van der Waals surface area contributed by atoms with Crippen LogP contribution in [0.15, 0.2) is 16.0 Å². The predicted octanol–water partition coefficient (Wildman–Crippen LogP) is 2.15. The van der Waals surface area contributed by atoms with Gasteiger partial charge < -0.3 is 19.9 Å². The Balaban J connectivity index is 2.08. The normalized spacial score (nSPS) is 12.8. The SMILES string of the molecule is CCN(CC)CC(N)c1noc(-c2cc(OC)cs2)n1. The molecule has 110 valence electrons. The third-order valence-electron chi connectivity index (χ3n) is 3.14. The lowest BCUT2D eigenvalue weighted by Gasteiger charge is -2.20. The molecule has 0 spiro atoms. The maximum atomic E-state index is 6.12. The molecule has 0 aliphatic heterocycles. The van der Waals surface area contributed by atoms with E-state index in [0.29, 0.717) is 11.7 Å². The highest BCUT2D eigenvalue weighted by Crippen LogP contribution is 2.30. The van der Waals surface area contributed by atoms with Crippen LogP contribution in [-0.2, 0) is 0 Å². The van der Waals surface area contributed by atoms with Crippen molar-refractivity contribution in [1.29, 1.82) is 0 Å². The molecule has 0 amide bonds. The third-order valence-corrected chi connectivity index (χ3v) is 4.04. The molecule has 1 atom stereocenters. The molecule has 0 aromatic carbocycles. The van der Waals surface area contributed by atoms with Crippen LogP contribution >= 0.6 is 11.3 Å². The van der Waals surface area contributed by atoms with Gasteiger partial charge in [0.15, 0.2) is 5.82 Å². The second kappa shape index (κ2) is 6.83. The number of aromatic nitrogens is 2. The standard InChI is InChI=1S/C13H20N4O2S/c1-4-17(5-2)7-10(14)12-15-13(19-16-12)11-6-9(18-3)8-20-11/h6,8,10H,4-5,7,14H2,1-3H3. The van der Waals surface area contributed by atoms with Crippen LogP contribution in [0.4, 0.5) is 0 Å². The third kappa shape index (κ3) is 3.36. The van der Waals surface area contributed by atoms with Gasteiger partial charge in [0.1, 0.15) is 5.75 Å². The van der Waals surface area contributed by atoms with E-state index < -0.39 is 0 Å². The molecule has 0 radical (unpaired) electrons. The zero-order valence-electron chi connectivity index (χ0n) is 12.0. The molecule has 7 heteroatoms. The summed E-state index contributed by atoms with van der Waals surface area (Å²) in [4.78, 5) is 7.49. The fraction of sp³-hybridized carbons (Fsp3) is 0.538. The molecule has 0 saturated heterocycles. The number of ether oxygens (including phenoxy) is 1. The van der Waals surface area contributed by atoms with E-state index in [9.17, 15) is 0 Å². The summed E-state index contributed by atoms with van der Waals surface area (Å²) in [5, 5.41) is 5.88.